The van der Waals surface area contributed by atoms with Crippen LogP contribution in [0.4, 0.5) is 0 Å². The highest BCUT2D eigenvalue weighted by molar-refractivity contribution is 5.70. The Labute approximate surface area is 421 Å². The number of hydrogen-bond acceptors (Lipinski definition) is 5. The van der Waals surface area contributed by atoms with Crippen molar-refractivity contribution in [3.8, 4) is 0 Å². The Kier molecular flexibility index (Phi) is 54.9. The molecule has 0 bridgehead atoms. The first-order chi connectivity index (χ1) is 33.6. The summed E-state index contributed by atoms with van der Waals surface area (Å²) < 4.78 is 10.7. The molecule has 0 aromatic heterocycles. The summed E-state index contributed by atoms with van der Waals surface area (Å²) in [6, 6.07) is 0. The smallest absolute Gasteiger partial charge is 0.306 e. The molecule has 388 valence electrons. The van der Waals surface area contributed by atoms with Gasteiger partial charge in [0.2, 0.25) is 0 Å². The molecule has 0 aliphatic heterocycles. The van der Waals surface area contributed by atoms with Gasteiger partial charge in [-0.3, -0.25) is 9.59 Å². The summed E-state index contributed by atoms with van der Waals surface area (Å²) in [7, 11) is 0. The van der Waals surface area contributed by atoms with Crippen LogP contribution in [0.3, 0.4) is 0 Å². The van der Waals surface area contributed by atoms with Crippen molar-refractivity contribution in [3.05, 3.63) is 109 Å². The Hall–Kier alpha value is -3.44. The number of carbonyl (C=O) groups is 2. The van der Waals surface area contributed by atoms with Gasteiger partial charge >= 0.3 is 11.9 Å². The molecule has 1 atom stereocenters. The fourth-order valence-corrected chi connectivity index (χ4v) is 7.80. The third kappa shape index (κ3) is 55.2. The lowest BCUT2D eigenvalue weighted by molar-refractivity contribution is -0.161. The van der Waals surface area contributed by atoms with Crippen LogP contribution in [0, 0.1) is 0 Å². The van der Waals surface area contributed by atoms with Gasteiger partial charge < -0.3 is 14.6 Å². The van der Waals surface area contributed by atoms with Gasteiger partial charge in [-0.15, -0.1) is 0 Å². The maximum absolute atomic E-state index is 12.3. The number of aliphatic hydroxyl groups is 1. The predicted octanol–water partition coefficient (Wildman–Crippen LogP) is 19.3. The molecule has 0 amide bonds. The van der Waals surface area contributed by atoms with Crippen molar-refractivity contribution in [2.75, 3.05) is 13.2 Å². The van der Waals surface area contributed by atoms with E-state index in [1.54, 1.807) is 0 Å². The number of rotatable bonds is 51. The molecular formula is C63H106O5. The number of esters is 2. The van der Waals surface area contributed by atoms with Crippen LogP contribution in [0.2, 0.25) is 0 Å². The highest BCUT2D eigenvalue weighted by Crippen LogP contribution is 2.15. The Morgan fingerprint density at radius 3 is 0.956 bits per heavy atom. The second-order valence-corrected chi connectivity index (χ2v) is 18.6. The largest absolute Gasteiger partial charge is 0.462 e. The lowest BCUT2D eigenvalue weighted by Gasteiger charge is -2.15. The summed E-state index contributed by atoms with van der Waals surface area (Å²) in [5.41, 5.74) is 0. The molecule has 1 N–H and O–H groups in total. The van der Waals surface area contributed by atoms with Gasteiger partial charge in [0, 0.05) is 12.8 Å². The lowest BCUT2D eigenvalue weighted by Crippen LogP contribution is -2.28. The van der Waals surface area contributed by atoms with Gasteiger partial charge in [0.1, 0.15) is 6.61 Å². The average molecular weight is 944 g/mol. The van der Waals surface area contributed by atoms with Gasteiger partial charge in [-0.1, -0.05) is 252 Å². The van der Waals surface area contributed by atoms with Crippen molar-refractivity contribution < 1.29 is 24.2 Å². The Bertz CT molecular complexity index is 1340. The topological polar surface area (TPSA) is 72.8 Å². The molecular weight excluding hydrogens is 837 g/mol. The monoisotopic (exact) mass is 943 g/mol. The maximum atomic E-state index is 12.3. The summed E-state index contributed by atoms with van der Waals surface area (Å²) in [4.78, 5) is 24.5. The van der Waals surface area contributed by atoms with E-state index in [-0.39, 0.29) is 25.2 Å². The quantitative estimate of drug-likeness (QED) is 0.0374. The molecule has 1 unspecified atom stereocenters. The van der Waals surface area contributed by atoms with Crippen LogP contribution in [-0.4, -0.2) is 36.4 Å². The van der Waals surface area contributed by atoms with E-state index < -0.39 is 6.10 Å². The number of hydrogen-bond donors (Lipinski definition) is 1. The zero-order valence-corrected chi connectivity index (χ0v) is 44.3. The maximum Gasteiger partial charge on any atom is 0.306 e. The molecule has 0 heterocycles. The van der Waals surface area contributed by atoms with Crippen molar-refractivity contribution in [2.45, 2.75) is 264 Å². The SMILES string of the molecule is CC/C=C\C/C=C\C/C=C\C/C=C\C/C=C\C/C=C\CCCCCCC(=O)OC(CO)COC(=O)CCCCCCCCCCCCCCCCCC/C=C\C/C=C\C/C=C\CCCCCCC. The van der Waals surface area contributed by atoms with Crippen molar-refractivity contribution in [3.63, 3.8) is 0 Å². The van der Waals surface area contributed by atoms with Crippen LogP contribution < -0.4 is 0 Å². The summed E-state index contributed by atoms with van der Waals surface area (Å²) in [6.07, 6.45) is 83.4. The standard InChI is InChI=1S/C63H106O5/c1-3-5-7-9-11-13-15-17-19-21-23-25-27-28-29-30-31-32-33-34-36-37-39-41-43-45-47-49-51-53-55-57-62(65)67-60-61(59-64)68-63(66)58-56-54-52-50-48-46-44-42-40-38-35-26-24-22-20-18-16-14-12-10-8-6-4-2/h6,8,12,14-15,17-18,20-21,23-24,26-28,38,40,44,46,61,64H,3-5,7,9-11,13,16,19,22,25,29-37,39,41-43,45,47-60H2,1-2H3/b8-6-,14-12-,17-15-,20-18-,23-21-,26-24-,28-27-,40-38-,46-44-. The first-order valence-corrected chi connectivity index (χ1v) is 28.4. The van der Waals surface area contributed by atoms with E-state index in [1.807, 2.05) is 0 Å². The molecule has 0 aliphatic rings. The lowest BCUT2D eigenvalue weighted by atomic mass is 10.0. The third-order valence-corrected chi connectivity index (χ3v) is 12.1. The minimum Gasteiger partial charge on any atom is -0.462 e. The molecule has 68 heavy (non-hydrogen) atoms. The molecule has 0 fully saturated rings. The minimum atomic E-state index is -0.793. The van der Waals surface area contributed by atoms with Crippen LogP contribution in [0.15, 0.2) is 109 Å². The fourth-order valence-electron chi connectivity index (χ4n) is 7.80. The molecule has 0 spiro atoms. The van der Waals surface area contributed by atoms with Crippen LogP contribution in [0.25, 0.3) is 0 Å². The molecule has 0 saturated carbocycles. The Morgan fingerprint density at radius 2 is 0.632 bits per heavy atom. The highest BCUT2D eigenvalue weighted by atomic mass is 16.6. The van der Waals surface area contributed by atoms with E-state index in [2.05, 4.69) is 123 Å². The Morgan fingerprint density at radius 1 is 0.353 bits per heavy atom. The van der Waals surface area contributed by atoms with Crippen LogP contribution in [0.1, 0.15) is 258 Å². The third-order valence-electron chi connectivity index (χ3n) is 12.1. The van der Waals surface area contributed by atoms with E-state index >= 15 is 0 Å². The molecule has 0 aromatic carbocycles. The summed E-state index contributed by atoms with van der Waals surface area (Å²) >= 11 is 0. The first-order valence-electron chi connectivity index (χ1n) is 28.4. The zero-order chi connectivity index (χ0) is 49.2. The van der Waals surface area contributed by atoms with Crippen LogP contribution >= 0.6 is 0 Å². The number of carbonyl (C=O) groups excluding carboxylic acids is 2. The van der Waals surface area contributed by atoms with Crippen molar-refractivity contribution >= 4 is 11.9 Å². The second-order valence-electron chi connectivity index (χ2n) is 18.6. The molecule has 0 rings (SSSR count). The van der Waals surface area contributed by atoms with E-state index in [0.717, 1.165) is 103 Å². The molecule has 0 radical (unpaired) electrons. The Balaban J connectivity index is 3.54. The molecule has 5 nitrogen and oxygen atoms in total. The van der Waals surface area contributed by atoms with Gasteiger partial charge in [-0.05, 0) is 103 Å². The predicted molar refractivity (Wildman–Crippen MR) is 297 cm³/mol. The number of ether oxygens (including phenoxy) is 2. The van der Waals surface area contributed by atoms with E-state index in [4.69, 9.17) is 9.47 Å². The van der Waals surface area contributed by atoms with E-state index in [1.165, 1.54) is 128 Å². The van der Waals surface area contributed by atoms with Gasteiger partial charge in [-0.2, -0.15) is 0 Å². The molecule has 0 aromatic rings. The highest BCUT2D eigenvalue weighted by Gasteiger charge is 2.16. The molecule has 5 heteroatoms. The summed E-state index contributed by atoms with van der Waals surface area (Å²) in [5.74, 6) is -0.620. The molecule has 0 aliphatic carbocycles. The minimum absolute atomic E-state index is 0.0815. The number of unbranched alkanes of at least 4 members (excludes halogenated alkanes) is 25. The zero-order valence-electron chi connectivity index (χ0n) is 44.3. The normalized spacial score (nSPS) is 13.0. The van der Waals surface area contributed by atoms with E-state index in [9.17, 15) is 14.7 Å². The van der Waals surface area contributed by atoms with Gasteiger partial charge in [0.15, 0.2) is 6.10 Å². The van der Waals surface area contributed by atoms with Crippen molar-refractivity contribution in [1.82, 2.24) is 0 Å². The van der Waals surface area contributed by atoms with Crippen molar-refractivity contribution in [2.24, 2.45) is 0 Å². The van der Waals surface area contributed by atoms with Crippen LogP contribution in [-0.2, 0) is 19.1 Å². The average Bonchev–Trinajstić information content (AvgIpc) is 3.34. The van der Waals surface area contributed by atoms with E-state index in [0.29, 0.717) is 12.8 Å². The molecule has 0 saturated heterocycles. The summed E-state index contributed by atoms with van der Waals surface area (Å²) in [6.45, 7) is 4.00. The van der Waals surface area contributed by atoms with Gasteiger partial charge in [-0.25, -0.2) is 0 Å². The number of allylic oxidation sites excluding steroid dienone is 18. The van der Waals surface area contributed by atoms with Crippen molar-refractivity contribution in [1.29, 1.82) is 0 Å². The first kappa shape index (κ1) is 64.6. The van der Waals surface area contributed by atoms with Crippen LogP contribution in [0.5, 0.6) is 0 Å². The second kappa shape index (κ2) is 57.9. The summed E-state index contributed by atoms with van der Waals surface area (Å²) in [5, 5.41) is 9.65. The number of aliphatic hydroxyl groups excluding tert-OH is 1. The fraction of sp³-hybridized carbons (Fsp3) is 0.683. The van der Waals surface area contributed by atoms with Gasteiger partial charge in [0.05, 0.1) is 6.61 Å². The van der Waals surface area contributed by atoms with Gasteiger partial charge in [0.25, 0.3) is 0 Å².